The van der Waals surface area contributed by atoms with E-state index in [4.69, 9.17) is 4.42 Å². The van der Waals surface area contributed by atoms with E-state index in [9.17, 15) is 0 Å². The highest BCUT2D eigenvalue weighted by molar-refractivity contribution is 6.16. The van der Waals surface area contributed by atoms with Crippen molar-refractivity contribution in [1.82, 2.24) is 4.57 Å². The van der Waals surface area contributed by atoms with Crippen LogP contribution in [0.4, 0.5) is 17.1 Å². The maximum atomic E-state index is 6.53. The second kappa shape index (κ2) is 17.4. The third-order valence-electron chi connectivity index (χ3n) is 15.3. The Morgan fingerprint density at radius 3 is 1.41 bits per heavy atom. The Morgan fingerprint density at radius 2 is 0.720 bits per heavy atom. The molecule has 0 saturated heterocycles. The van der Waals surface area contributed by atoms with E-state index in [1.54, 1.807) is 0 Å². The molecular formula is C72H46N2O. The topological polar surface area (TPSA) is 21.3 Å². The highest BCUT2D eigenvalue weighted by Crippen LogP contribution is 2.42. The minimum absolute atomic E-state index is 0.889. The van der Waals surface area contributed by atoms with Crippen molar-refractivity contribution in [2.75, 3.05) is 4.90 Å². The Hall–Kier alpha value is -9.96. The average molecular weight is 955 g/mol. The third kappa shape index (κ3) is 7.28. The minimum Gasteiger partial charge on any atom is -0.455 e. The van der Waals surface area contributed by atoms with Crippen LogP contribution in [0.3, 0.4) is 0 Å². The number of furan rings is 1. The van der Waals surface area contributed by atoms with Crippen molar-refractivity contribution in [2.24, 2.45) is 0 Å². The summed E-state index contributed by atoms with van der Waals surface area (Å²) in [6, 6.07) is 102. The van der Waals surface area contributed by atoms with Gasteiger partial charge in [-0.2, -0.15) is 0 Å². The zero-order chi connectivity index (χ0) is 49.4. The lowest BCUT2D eigenvalue weighted by molar-refractivity contribution is 0.672. The molecule has 2 aromatic heterocycles. The number of anilines is 3. The molecule has 0 aliphatic carbocycles. The van der Waals surface area contributed by atoms with Crippen molar-refractivity contribution in [1.29, 1.82) is 0 Å². The first-order chi connectivity index (χ1) is 37.1. The minimum atomic E-state index is 0.889. The summed E-state index contributed by atoms with van der Waals surface area (Å²) in [5, 5.41) is 12.1. The SMILES string of the molecule is c1cc(-c2ccc(N(c3ccc(-c4cccc(-n5c6ccccc6c6ccccc65)c4)cc3)c3cccc(-c4ccc5oc6c7ccccc7ccc6c5c4)c3)cc2)cc(-c2ccc3ccc4ccccc4c3c2)c1. The molecule has 0 aliphatic heterocycles. The van der Waals surface area contributed by atoms with Crippen LogP contribution in [0.1, 0.15) is 0 Å². The number of nitrogens with zero attached hydrogens (tertiary/aromatic N) is 2. The highest BCUT2D eigenvalue weighted by atomic mass is 16.3. The lowest BCUT2D eigenvalue weighted by Gasteiger charge is -2.26. The van der Waals surface area contributed by atoms with Gasteiger partial charge in [0.1, 0.15) is 11.2 Å². The quantitative estimate of drug-likeness (QED) is 0.142. The molecule has 350 valence electrons. The van der Waals surface area contributed by atoms with E-state index >= 15 is 0 Å². The number of benzene rings is 13. The van der Waals surface area contributed by atoms with Crippen LogP contribution in [0.2, 0.25) is 0 Å². The molecule has 0 saturated carbocycles. The summed E-state index contributed by atoms with van der Waals surface area (Å²) in [6.07, 6.45) is 0. The van der Waals surface area contributed by atoms with Gasteiger partial charge in [0.15, 0.2) is 0 Å². The first-order valence-corrected chi connectivity index (χ1v) is 25.7. The fraction of sp³-hybridized carbons (Fsp3) is 0. The standard InChI is InChI=1S/C72H46N2O/c1-3-20-62-49(12-1)26-27-51-28-29-56(45-67(51)62)53-15-9-14-52(42-53)47-30-36-58(37-31-47)73(60-18-11-17-55(44-60)57-35-41-71-68(46-57)66-40-34-50-13-2-4-21-63(50)72(66)75-71)59-38-32-48(33-39-59)54-16-10-19-61(43-54)74-69-24-7-5-22-64(69)65-23-6-8-25-70(65)74/h1-46H. The molecule has 0 atom stereocenters. The van der Waals surface area contributed by atoms with Crippen LogP contribution < -0.4 is 4.90 Å². The van der Waals surface area contributed by atoms with Crippen LogP contribution in [0.15, 0.2) is 283 Å². The molecule has 0 bridgehead atoms. The molecule has 75 heavy (non-hydrogen) atoms. The molecule has 3 nitrogen and oxygen atoms in total. The Balaban J connectivity index is 0.808. The fourth-order valence-corrected chi connectivity index (χ4v) is 11.6. The van der Waals surface area contributed by atoms with E-state index in [1.807, 2.05) is 0 Å². The predicted molar refractivity (Wildman–Crippen MR) is 317 cm³/mol. The van der Waals surface area contributed by atoms with Crippen LogP contribution in [-0.4, -0.2) is 4.57 Å². The second-order valence-electron chi connectivity index (χ2n) is 19.7. The van der Waals surface area contributed by atoms with E-state index in [2.05, 4.69) is 289 Å². The zero-order valence-electron chi connectivity index (χ0n) is 40.9. The average Bonchev–Trinajstić information content (AvgIpc) is 4.04. The van der Waals surface area contributed by atoms with Gasteiger partial charge in [-0.3, -0.25) is 0 Å². The fourth-order valence-electron chi connectivity index (χ4n) is 11.6. The molecule has 0 N–H and O–H groups in total. The van der Waals surface area contributed by atoms with E-state index in [-0.39, 0.29) is 0 Å². The van der Waals surface area contributed by atoms with Gasteiger partial charge in [-0.25, -0.2) is 0 Å². The van der Waals surface area contributed by atoms with Crippen LogP contribution >= 0.6 is 0 Å². The van der Waals surface area contributed by atoms with Crippen molar-refractivity contribution in [2.45, 2.75) is 0 Å². The van der Waals surface area contributed by atoms with Crippen molar-refractivity contribution in [3.8, 4) is 50.2 Å². The number of hydrogen-bond acceptors (Lipinski definition) is 2. The van der Waals surface area contributed by atoms with Gasteiger partial charge in [-0.05, 0) is 162 Å². The molecule has 3 heteroatoms. The predicted octanol–water partition coefficient (Wildman–Crippen LogP) is 20.3. The van der Waals surface area contributed by atoms with E-state index < -0.39 is 0 Å². The highest BCUT2D eigenvalue weighted by Gasteiger charge is 2.18. The monoisotopic (exact) mass is 954 g/mol. The van der Waals surface area contributed by atoms with Crippen LogP contribution in [0, 0.1) is 0 Å². The number of fused-ring (bicyclic) bond motifs is 11. The molecule has 0 amide bonds. The molecule has 0 spiro atoms. The number of aromatic nitrogens is 1. The lowest BCUT2D eigenvalue weighted by Crippen LogP contribution is -2.10. The summed E-state index contributed by atoms with van der Waals surface area (Å²) in [6.45, 7) is 0. The van der Waals surface area contributed by atoms with Gasteiger partial charge in [0.2, 0.25) is 0 Å². The van der Waals surface area contributed by atoms with E-state index in [0.29, 0.717) is 0 Å². The molecule has 0 aliphatic rings. The molecule has 0 unspecified atom stereocenters. The number of hydrogen-bond donors (Lipinski definition) is 0. The van der Waals surface area contributed by atoms with Crippen LogP contribution in [-0.2, 0) is 0 Å². The van der Waals surface area contributed by atoms with Crippen LogP contribution in [0.5, 0.6) is 0 Å². The Morgan fingerprint density at radius 1 is 0.253 bits per heavy atom. The largest absolute Gasteiger partial charge is 0.455 e. The summed E-state index contributed by atoms with van der Waals surface area (Å²) in [7, 11) is 0. The smallest absolute Gasteiger partial charge is 0.143 e. The van der Waals surface area contributed by atoms with Gasteiger partial charge in [-0.15, -0.1) is 0 Å². The lowest BCUT2D eigenvalue weighted by atomic mass is 9.95. The molecule has 15 rings (SSSR count). The summed E-state index contributed by atoms with van der Waals surface area (Å²) in [5.41, 5.74) is 17.9. The summed E-state index contributed by atoms with van der Waals surface area (Å²) in [5.74, 6) is 0. The van der Waals surface area contributed by atoms with Gasteiger partial charge in [0.25, 0.3) is 0 Å². The summed E-state index contributed by atoms with van der Waals surface area (Å²) < 4.78 is 8.91. The molecular weight excluding hydrogens is 909 g/mol. The summed E-state index contributed by atoms with van der Waals surface area (Å²) >= 11 is 0. The molecule has 2 heterocycles. The van der Waals surface area contributed by atoms with Gasteiger partial charge >= 0.3 is 0 Å². The normalized spacial score (nSPS) is 11.7. The van der Waals surface area contributed by atoms with Crippen molar-refractivity contribution in [3.05, 3.63) is 279 Å². The first-order valence-electron chi connectivity index (χ1n) is 25.7. The molecule has 0 fully saturated rings. The maximum absolute atomic E-state index is 6.53. The number of para-hydroxylation sites is 2. The Bertz CT molecular complexity index is 4660. The van der Waals surface area contributed by atoms with Crippen molar-refractivity contribution < 1.29 is 4.42 Å². The molecule has 0 radical (unpaired) electrons. The van der Waals surface area contributed by atoms with Gasteiger partial charge in [-0.1, -0.05) is 188 Å². The van der Waals surface area contributed by atoms with E-state index in [0.717, 1.165) is 77.9 Å². The number of rotatable bonds is 8. The zero-order valence-corrected chi connectivity index (χ0v) is 40.9. The van der Waals surface area contributed by atoms with Gasteiger partial charge in [0, 0.05) is 49.7 Å². The van der Waals surface area contributed by atoms with Crippen LogP contribution in [0.25, 0.3) is 126 Å². The Kier molecular flexibility index (Phi) is 9.89. The molecule has 15 aromatic rings. The van der Waals surface area contributed by atoms with Crippen molar-refractivity contribution in [3.63, 3.8) is 0 Å². The van der Waals surface area contributed by atoms with Gasteiger partial charge < -0.3 is 13.9 Å². The van der Waals surface area contributed by atoms with E-state index in [1.165, 1.54) is 65.4 Å². The second-order valence-corrected chi connectivity index (χ2v) is 19.7. The maximum Gasteiger partial charge on any atom is 0.143 e. The summed E-state index contributed by atoms with van der Waals surface area (Å²) in [4.78, 5) is 2.37. The van der Waals surface area contributed by atoms with Gasteiger partial charge in [0.05, 0.1) is 11.0 Å². The first kappa shape index (κ1) is 42.7. The Labute approximate surface area is 434 Å². The van der Waals surface area contributed by atoms with Crippen molar-refractivity contribution >= 4 is 93.1 Å². The molecule has 13 aromatic carbocycles. The third-order valence-corrected chi connectivity index (χ3v) is 15.3.